The van der Waals surface area contributed by atoms with Crippen LogP contribution in [0.15, 0.2) is 82.2 Å². The molecule has 0 atom stereocenters. The van der Waals surface area contributed by atoms with Crippen molar-refractivity contribution in [2.75, 3.05) is 11.3 Å². The number of aromatic hydroxyl groups is 1. The number of carbonyl (C=O) groups is 1. The van der Waals surface area contributed by atoms with E-state index in [1.807, 2.05) is 6.07 Å². The first-order valence-electron chi connectivity index (χ1n) is 8.78. The third-order valence-corrected chi connectivity index (χ3v) is 6.02. The number of anilines is 1. The Morgan fingerprint density at radius 1 is 0.966 bits per heavy atom. The Morgan fingerprint density at radius 3 is 2.41 bits per heavy atom. The lowest BCUT2D eigenvalue weighted by molar-refractivity contribution is 0.0954. The molecule has 0 aromatic heterocycles. The molecule has 0 bridgehead atoms. The summed E-state index contributed by atoms with van der Waals surface area (Å²) in [6.07, 6.45) is 0.545. The number of hydrogen-bond donors (Lipinski definition) is 3. The topological polar surface area (TPSA) is 95.5 Å². The van der Waals surface area contributed by atoms with Crippen molar-refractivity contribution < 1.29 is 18.3 Å². The molecule has 0 radical (unpaired) electrons. The number of phenols is 1. The first-order valence-corrected chi connectivity index (χ1v) is 11.1. The van der Waals surface area contributed by atoms with Crippen LogP contribution in [0.2, 0.25) is 0 Å². The van der Waals surface area contributed by atoms with Gasteiger partial charge in [0.25, 0.3) is 15.9 Å². The molecule has 0 aliphatic carbocycles. The molecular weight excluding hydrogens is 456 g/mol. The van der Waals surface area contributed by atoms with Crippen molar-refractivity contribution >= 4 is 37.5 Å². The lowest BCUT2D eigenvalue weighted by Crippen LogP contribution is -2.26. The Hall–Kier alpha value is -2.84. The van der Waals surface area contributed by atoms with Crippen LogP contribution < -0.4 is 10.0 Å². The van der Waals surface area contributed by atoms with Crippen molar-refractivity contribution in [1.29, 1.82) is 0 Å². The van der Waals surface area contributed by atoms with E-state index in [9.17, 15) is 18.3 Å². The van der Waals surface area contributed by atoms with Gasteiger partial charge in [0.05, 0.1) is 4.90 Å². The Kier molecular flexibility index (Phi) is 6.56. The number of nitrogens with one attached hydrogen (secondary N) is 2. The highest BCUT2D eigenvalue weighted by Crippen LogP contribution is 2.19. The molecule has 29 heavy (non-hydrogen) atoms. The van der Waals surface area contributed by atoms with E-state index in [2.05, 4.69) is 26.0 Å². The minimum Gasteiger partial charge on any atom is -0.508 e. The van der Waals surface area contributed by atoms with Gasteiger partial charge in [-0.3, -0.25) is 9.52 Å². The fraction of sp³-hybridized carbons (Fsp3) is 0.0952. The number of rotatable bonds is 7. The summed E-state index contributed by atoms with van der Waals surface area (Å²) in [5.41, 5.74) is 1.56. The van der Waals surface area contributed by atoms with Crippen molar-refractivity contribution in [3.63, 3.8) is 0 Å². The second-order valence-electron chi connectivity index (χ2n) is 6.32. The molecule has 150 valence electrons. The number of amides is 1. The van der Waals surface area contributed by atoms with Crippen LogP contribution in [0.1, 0.15) is 15.9 Å². The number of halogens is 1. The molecule has 0 aliphatic heterocycles. The quantitative estimate of drug-likeness (QED) is 0.483. The standard InChI is InChI=1S/C21H19BrN2O4S/c22-17-7-9-18(10-8-17)24-29(27,28)20-6-2-4-16(14-20)21(26)23-12-11-15-3-1-5-19(25)13-15/h1-10,13-14,24-25H,11-12H2,(H,23,26). The van der Waals surface area contributed by atoms with Gasteiger partial charge in [-0.05, 0) is 66.6 Å². The largest absolute Gasteiger partial charge is 0.508 e. The van der Waals surface area contributed by atoms with E-state index < -0.39 is 10.0 Å². The van der Waals surface area contributed by atoms with Gasteiger partial charge < -0.3 is 10.4 Å². The average Bonchev–Trinajstić information content (AvgIpc) is 2.70. The van der Waals surface area contributed by atoms with Crippen LogP contribution in [0.4, 0.5) is 5.69 Å². The lowest BCUT2D eigenvalue weighted by Gasteiger charge is -2.10. The zero-order valence-electron chi connectivity index (χ0n) is 15.3. The maximum Gasteiger partial charge on any atom is 0.261 e. The summed E-state index contributed by atoms with van der Waals surface area (Å²) in [6.45, 7) is 0.358. The van der Waals surface area contributed by atoms with Crippen molar-refractivity contribution in [3.05, 3.63) is 88.4 Å². The van der Waals surface area contributed by atoms with E-state index in [1.165, 1.54) is 18.2 Å². The fourth-order valence-electron chi connectivity index (χ4n) is 2.67. The number of sulfonamides is 1. The summed E-state index contributed by atoms with van der Waals surface area (Å²) in [5.74, 6) is -0.198. The number of hydrogen-bond acceptors (Lipinski definition) is 4. The Morgan fingerprint density at radius 2 is 1.69 bits per heavy atom. The van der Waals surface area contributed by atoms with Crippen molar-refractivity contribution in [1.82, 2.24) is 5.32 Å². The van der Waals surface area contributed by atoms with Crippen LogP contribution in [0.25, 0.3) is 0 Å². The van der Waals surface area contributed by atoms with Gasteiger partial charge in [0, 0.05) is 22.3 Å². The van der Waals surface area contributed by atoms with Crippen molar-refractivity contribution in [2.45, 2.75) is 11.3 Å². The summed E-state index contributed by atoms with van der Waals surface area (Å²) in [4.78, 5) is 12.4. The zero-order chi connectivity index (χ0) is 20.9. The van der Waals surface area contributed by atoms with Crippen LogP contribution >= 0.6 is 15.9 Å². The van der Waals surface area contributed by atoms with Gasteiger partial charge in [-0.2, -0.15) is 0 Å². The highest BCUT2D eigenvalue weighted by atomic mass is 79.9. The molecule has 0 saturated heterocycles. The van der Waals surface area contributed by atoms with Crippen LogP contribution in [0, 0.1) is 0 Å². The third-order valence-electron chi connectivity index (χ3n) is 4.11. The maximum atomic E-state index is 12.6. The van der Waals surface area contributed by atoms with E-state index in [-0.39, 0.29) is 22.1 Å². The van der Waals surface area contributed by atoms with Gasteiger partial charge in [-0.1, -0.05) is 34.1 Å². The molecule has 6 nitrogen and oxygen atoms in total. The molecule has 3 aromatic rings. The molecule has 1 amide bonds. The second-order valence-corrected chi connectivity index (χ2v) is 8.91. The highest BCUT2D eigenvalue weighted by Gasteiger charge is 2.16. The lowest BCUT2D eigenvalue weighted by atomic mass is 10.1. The summed E-state index contributed by atoms with van der Waals surface area (Å²) >= 11 is 3.30. The number of phenolic OH excluding ortho intramolecular Hbond substituents is 1. The summed E-state index contributed by atoms with van der Waals surface area (Å²) in [6, 6.07) is 19.4. The van der Waals surface area contributed by atoms with Gasteiger partial charge in [-0.15, -0.1) is 0 Å². The number of carbonyl (C=O) groups excluding carboxylic acids is 1. The first-order chi connectivity index (χ1) is 13.8. The molecule has 3 N–H and O–H groups in total. The third kappa shape index (κ3) is 5.82. The average molecular weight is 475 g/mol. The van der Waals surface area contributed by atoms with E-state index in [0.29, 0.717) is 18.7 Å². The predicted molar refractivity (Wildman–Crippen MR) is 116 cm³/mol. The van der Waals surface area contributed by atoms with Crippen LogP contribution in [0.5, 0.6) is 5.75 Å². The summed E-state index contributed by atoms with van der Waals surface area (Å²) in [5, 5.41) is 12.2. The van der Waals surface area contributed by atoms with Crippen molar-refractivity contribution in [2.24, 2.45) is 0 Å². The van der Waals surface area contributed by atoms with Gasteiger partial charge in [-0.25, -0.2) is 8.42 Å². The van der Waals surface area contributed by atoms with E-state index >= 15 is 0 Å². The van der Waals surface area contributed by atoms with Crippen molar-refractivity contribution in [3.8, 4) is 5.75 Å². The Bertz CT molecular complexity index is 1120. The van der Waals surface area contributed by atoms with Crippen LogP contribution in [-0.2, 0) is 16.4 Å². The van der Waals surface area contributed by atoms with E-state index in [0.717, 1.165) is 10.0 Å². The highest BCUT2D eigenvalue weighted by molar-refractivity contribution is 9.10. The molecule has 0 fully saturated rings. The minimum absolute atomic E-state index is 0.000973. The van der Waals surface area contributed by atoms with Crippen LogP contribution in [-0.4, -0.2) is 26.0 Å². The molecule has 0 heterocycles. The Balaban J connectivity index is 1.66. The normalized spacial score (nSPS) is 11.1. The molecule has 8 heteroatoms. The molecule has 3 aromatic carbocycles. The molecule has 0 spiro atoms. The second kappa shape index (κ2) is 9.11. The van der Waals surface area contributed by atoms with Gasteiger partial charge in [0.1, 0.15) is 5.75 Å². The fourth-order valence-corrected chi connectivity index (χ4v) is 4.04. The number of benzene rings is 3. The summed E-state index contributed by atoms with van der Waals surface area (Å²) < 4.78 is 28.6. The van der Waals surface area contributed by atoms with Gasteiger partial charge in [0.15, 0.2) is 0 Å². The SMILES string of the molecule is O=C(NCCc1cccc(O)c1)c1cccc(S(=O)(=O)Nc2ccc(Br)cc2)c1. The molecule has 0 saturated carbocycles. The monoisotopic (exact) mass is 474 g/mol. The smallest absolute Gasteiger partial charge is 0.261 e. The molecule has 0 unspecified atom stereocenters. The van der Waals surface area contributed by atoms with Crippen LogP contribution in [0.3, 0.4) is 0 Å². The Labute approximate surface area is 177 Å². The first kappa shape index (κ1) is 20.9. The van der Waals surface area contributed by atoms with E-state index in [4.69, 9.17) is 0 Å². The molecule has 3 rings (SSSR count). The summed E-state index contributed by atoms with van der Waals surface area (Å²) in [7, 11) is -3.82. The molecular formula is C21H19BrN2O4S. The maximum absolute atomic E-state index is 12.6. The minimum atomic E-state index is -3.82. The van der Waals surface area contributed by atoms with E-state index in [1.54, 1.807) is 48.5 Å². The predicted octanol–water partition coefficient (Wildman–Crippen LogP) is 3.93. The van der Waals surface area contributed by atoms with Gasteiger partial charge >= 0.3 is 0 Å². The zero-order valence-corrected chi connectivity index (χ0v) is 17.7. The molecule has 0 aliphatic rings. The van der Waals surface area contributed by atoms with Gasteiger partial charge in [0.2, 0.25) is 0 Å².